The van der Waals surface area contributed by atoms with Crippen molar-refractivity contribution in [3.63, 3.8) is 0 Å². The molecule has 1 heterocycles. The molecule has 1 unspecified atom stereocenters. The van der Waals surface area contributed by atoms with Crippen LogP contribution in [0.15, 0.2) is 0 Å². The lowest BCUT2D eigenvalue weighted by Crippen LogP contribution is -2.46. The van der Waals surface area contributed by atoms with E-state index in [0.717, 1.165) is 0 Å². The monoisotopic (exact) mass is 200 g/mol. The Kier molecular flexibility index (Phi) is 2.08. The van der Waals surface area contributed by atoms with Gasteiger partial charge in [0.05, 0.1) is 24.2 Å². The number of ether oxygens (including phenoxy) is 1. The zero-order chi connectivity index (χ0) is 10.5. The van der Waals surface area contributed by atoms with Gasteiger partial charge in [0.25, 0.3) is 0 Å². The average molecular weight is 200 g/mol. The van der Waals surface area contributed by atoms with E-state index in [1.807, 2.05) is 0 Å². The molecule has 0 radical (unpaired) electrons. The van der Waals surface area contributed by atoms with Gasteiger partial charge in [-0.3, -0.25) is 4.79 Å². The van der Waals surface area contributed by atoms with Crippen molar-refractivity contribution < 1.29 is 19.7 Å². The van der Waals surface area contributed by atoms with Crippen LogP contribution in [-0.4, -0.2) is 34.5 Å². The van der Waals surface area contributed by atoms with E-state index in [0.29, 0.717) is 6.42 Å². The Bertz CT molecular complexity index is 261. The number of esters is 1. The zero-order valence-corrected chi connectivity index (χ0v) is 8.43. The Balaban J connectivity index is 2.25. The number of fused-ring (bicyclic) bond motifs is 1. The lowest BCUT2D eigenvalue weighted by molar-refractivity contribution is -0.166. The largest absolute Gasteiger partial charge is 0.465 e. The number of carbonyl (C=O) groups is 1. The van der Waals surface area contributed by atoms with Gasteiger partial charge in [-0.1, -0.05) is 6.92 Å². The van der Waals surface area contributed by atoms with Crippen molar-refractivity contribution in [2.24, 2.45) is 17.8 Å². The Hall–Kier alpha value is -0.610. The second kappa shape index (κ2) is 2.94. The second-order valence-corrected chi connectivity index (χ2v) is 4.67. The van der Waals surface area contributed by atoms with Crippen molar-refractivity contribution in [1.82, 2.24) is 0 Å². The summed E-state index contributed by atoms with van der Waals surface area (Å²) in [6.07, 6.45) is -0.247. The molecular weight excluding hydrogens is 184 g/mol. The van der Waals surface area contributed by atoms with E-state index in [4.69, 9.17) is 4.74 Å². The first kappa shape index (κ1) is 9.93. The fourth-order valence-corrected chi connectivity index (χ4v) is 2.66. The second-order valence-electron chi connectivity index (χ2n) is 4.67. The van der Waals surface area contributed by atoms with Crippen LogP contribution in [0.5, 0.6) is 0 Å². The fraction of sp³-hybridized carbons (Fsp3) is 0.900. The van der Waals surface area contributed by atoms with Gasteiger partial charge >= 0.3 is 5.97 Å². The van der Waals surface area contributed by atoms with Crippen molar-refractivity contribution in [2.75, 3.05) is 6.61 Å². The molecule has 0 aromatic heterocycles. The lowest BCUT2D eigenvalue weighted by atomic mass is 9.79. The lowest BCUT2D eigenvalue weighted by Gasteiger charge is -2.35. The van der Waals surface area contributed by atoms with Gasteiger partial charge in [0, 0.05) is 5.92 Å². The Labute approximate surface area is 82.9 Å². The number of hydrogen-bond donors (Lipinski definition) is 2. The summed E-state index contributed by atoms with van der Waals surface area (Å²) in [7, 11) is 0. The predicted octanol–water partition coefficient (Wildman–Crippen LogP) is -0.0727. The quantitative estimate of drug-likeness (QED) is 0.537. The molecule has 1 aliphatic carbocycles. The van der Waals surface area contributed by atoms with E-state index in [2.05, 4.69) is 0 Å². The third kappa shape index (κ3) is 1.17. The van der Waals surface area contributed by atoms with Gasteiger partial charge in [0.1, 0.15) is 0 Å². The summed E-state index contributed by atoms with van der Waals surface area (Å²) < 4.78 is 4.98. The molecule has 1 saturated heterocycles. The van der Waals surface area contributed by atoms with Gasteiger partial charge in [-0.2, -0.15) is 0 Å². The molecule has 0 bridgehead atoms. The van der Waals surface area contributed by atoms with Crippen LogP contribution >= 0.6 is 0 Å². The maximum Gasteiger partial charge on any atom is 0.308 e. The van der Waals surface area contributed by atoms with Crippen LogP contribution in [0, 0.1) is 17.8 Å². The van der Waals surface area contributed by atoms with Gasteiger partial charge in [-0.25, -0.2) is 0 Å². The minimum Gasteiger partial charge on any atom is -0.465 e. The molecule has 14 heavy (non-hydrogen) atoms. The Morgan fingerprint density at radius 3 is 2.86 bits per heavy atom. The number of aliphatic hydroxyl groups is 2. The topological polar surface area (TPSA) is 66.8 Å². The molecule has 80 valence electrons. The first-order valence-corrected chi connectivity index (χ1v) is 5.01. The highest BCUT2D eigenvalue weighted by Gasteiger charge is 2.55. The predicted molar refractivity (Wildman–Crippen MR) is 48.4 cm³/mol. The zero-order valence-electron chi connectivity index (χ0n) is 8.43. The standard InChI is InChI=1S/C10H16O4/c1-5-6-3-8(11)10(2,13)7(6)4-14-9(5)12/h5-8,11,13H,3-4H2,1-2H3/t5?,6-,7+,8+,10+/m1/s1. The summed E-state index contributed by atoms with van der Waals surface area (Å²) in [4.78, 5) is 11.3. The number of rotatable bonds is 0. The van der Waals surface area contributed by atoms with Crippen LogP contribution in [0.25, 0.3) is 0 Å². The molecule has 2 N–H and O–H groups in total. The van der Waals surface area contributed by atoms with Crippen molar-refractivity contribution in [3.8, 4) is 0 Å². The SMILES string of the molecule is CC1C(=O)OC[C@H]2[C@@H]1C[C@H](O)[C@@]2(C)O. The third-order valence-electron chi connectivity index (χ3n) is 3.86. The average Bonchev–Trinajstić information content (AvgIpc) is 2.33. The van der Waals surface area contributed by atoms with Crippen LogP contribution in [0.4, 0.5) is 0 Å². The molecule has 2 rings (SSSR count). The first-order valence-electron chi connectivity index (χ1n) is 5.01. The van der Waals surface area contributed by atoms with Crippen LogP contribution < -0.4 is 0 Å². The molecular formula is C10H16O4. The normalized spacial score (nSPS) is 52.7. The van der Waals surface area contributed by atoms with Crippen molar-refractivity contribution in [1.29, 1.82) is 0 Å². The number of hydrogen-bond acceptors (Lipinski definition) is 4. The van der Waals surface area contributed by atoms with Crippen LogP contribution in [-0.2, 0) is 9.53 Å². The van der Waals surface area contributed by atoms with Gasteiger partial charge in [0.2, 0.25) is 0 Å². The molecule has 1 saturated carbocycles. The van der Waals surface area contributed by atoms with E-state index < -0.39 is 11.7 Å². The van der Waals surface area contributed by atoms with E-state index >= 15 is 0 Å². The molecule has 4 heteroatoms. The van der Waals surface area contributed by atoms with Gasteiger partial charge in [0.15, 0.2) is 0 Å². The molecule has 4 nitrogen and oxygen atoms in total. The molecule has 0 aromatic rings. The van der Waals surface area contributed by atoms with Crippen LogP contribution in [0.3, 0.4) is 0 Å². The highest BCUT2D eigenvalue weighted by Crippen LogP contribution is 2.46. The molecule has 0 aromatic carbocycles. The van der Waals surface area contributed by atoms with Crippen LogP contribution in [0.1, 0.15) is 20.3 Å². The number of aliphatic hydroxyl groups excluding tert-OH is 1. The molecule has 0 spiro atoms. The molecule has 5 atom stereocenters. The first-order chi connectivity index (χ1) is 6.44. The highest BCUT2D eigenvalue weighted by molar-refractivity contribution is 5.73. The van der Waals surface area contributed by atoms with Crippen molar-refractivity contribution in [2.45, 2.75) is 32.0 Å². The minimum absolute atomic E-state index is 0.0567. The molecule has 2 aliphatic rings. The van der Waals surface area contributed by atoms with Gasteiger partial charge < -0.3 is 14.9 Å². The summed E-state index contributed by atoms with van der Waals surface area (Å²) >= 11 is 0. The fourth-order valence-electron chi connectivity index (χ4n) is 2.66. The van der Waals surface area contributed by atoms with Crippen LogP contribution in [0.2, 0.25) is 0 Å². The summed E-state index contributed by atoms with van der Waals surface area (Å²) in [6, 6.07) is 0. The van der Waals surface area contributed by atoms with Gasteiger partial charge in [-0.15, -0.1) is 0 Å². The highest BCUT2D eigenvalue weighted by atomic mass is 16.5. The number of carbonyl (C=O) groups excluding carboxylic acids is 1. The minimum atomic E-state index is -1.11. The Morgan fingerprint density at radius 1 is 1.57 bits per heavy atom. The summed E-state index contributed by atoms with van der Waals surface area (Å²) in [5.74, 6) is -0.486. The van der Waals surface area contributed by atoms with E-state index in [1.54, 1.807) is 13.8 Å². The van der Waals surface area contributed by atoms with E-state index in [1.165, 1.54) is 0 Å². The Morgan fingerprint density at radius 2 is 2.21 bits per heavy atom. The van der Waals surface area contributed by atoms with Crippen molar-refractivity contribution in [3.05, 3.63) is 0 Å². The maximum absolute atomic E-state index is 11.3. The van der Waals surface area contributed by atoms with E-state index in [-0.39, 0.29) is 30.3 Å². The molecule has 0 amide bonds. The molecule has 1 aliphatic heterocycles. The summed E-state index contributed by atoms with van der Waals surface area (Å²) in [6.45, 7) is 3.65. The summed E-state index contributed by atoms with van der Waals surface area (Å²) in [5.41, 5.74) is -1.11. The summed E-state index contributed by atoms with van der Waals surface area (Å²) in [5, 5.41) is 19.7. The van der Waals surface area contributed by atoms with E-state index in [9.17, 15) is 15.0 Å². The van der Waals surface area contributed by atoms with Gasteiger partial charge in [-0.05, 0) is 19.3 Å². The third-order valence-corrected chi connectivity index (χ3v) is 3.86. The maximum atomic E-state index is 11.3. The molecule has 2 fully saturated rings. The number of cyclic esters (lactones) is 1. The van der Waals surface area contributed by atoms with Crippen molar-refractivity contribution >= 4 is 5.97 Å². The smallest absolute Gasteiger partial charge is 0.308 e.